The van der Waals surface area contributed by atoms with Gasteiger partial charge in [0.05, 0.1) is 24.2 Å². The first-order valence-electron chi connectivity index (χ1n) is 11.1. The van der Waals surface area contributed by atoms with Gasteiger partial charge in [0.2, 0.25) is 5.91 Å². The molecule has 8 nitrogen and oxygen atoms in total. The Morgan fingerprint density at radius 1 is 1.09 bits per heavy atom. The second kappa shape index (κ2) is 8.46. The lowest BCUT2D eigenvalue weighted by Crippen LogP contribution is -2.66. The van der Waals surface area contributed by atoms with Crippen molar-refractivity contribution >= 4 is 29.1 Å². The van der Waals surface area contributed by atoms with Crippen LogP contribution in [0.2, 0.25) is 0 Å². The minimum absolute atomic E-state index is 0.0394. The van der Waals surface area contributed by atoms with Gasteiger partial charge in [0.25, 0.3) is 0 Å². The largest absolute Gasteiger partial charge is 0.417 e. The monoisotopic (exact) mass is 475 g/mol. The van der Waals surface area contributed by atoms with E-state index in [-0.39, 0.29) is 11.7 Å². The first-order valence-corrected chi connectivity index (χ1v) is 11.1. The average molecular weight is 475 g/mol. The lowest BCUT2D eigenvalue weighted by Gasteiger charge is -2.56. The van der Waals surface area contributed by atoms with Gasteiger partial charge in [-0.2, -0.15) is 13.2 Å². The average Bonchev–Trinajstić information content (AvgIpc) is 2.74. The van der Waals surface area contributed by atoms with Gasteiger partial charge in [0.15, 0.2) is 0 Å². The van der Waals surface area contributed by atoms with E-state index in [4.69, 9.17) is 4.74 Å². The van der Waals surface area contributed by atoms with Crippen LogP contribution < -0.4 is 20.4 Å². The minimum Gasteiger partial charge on any atom is -0.380 e. The lowest BCUT2D eigenvalue weighted by molar-refractivity contribution is -0.137. The van der Waals surface area contributed by atoms with Crippen LogP contribution in [-0.4, -0.2) is 55.8 Å². The molecule has 3 amide bonds. The van der Waals surface area contributed by atoms with E-state index in [1.54, 1.807) is 4.90 Å². The molecule has 0 saturated carbocycles. The number of carbonyl (C=O) groups excluding carboxylic acids is 2. The highest BCUT2D eigenvalue weighted by molar-refractivity contribution is 6.01. The Morgan fingerprint density at radius 2 is 1.79 bits per heavy atom. The molecule has 1 atom stereocenters. The van der Waals surface area contributed by atoms with Crippen LogP contribution in [0.5, 0.6) is 0 Å². The number of nitrogens with one attached hydrogen (secondary N) is 2. The molecule has 180 valence electrons. The Morgan fingerprint density at radius 3 is 2.38 bits per heavy atom. The number of pyridine rings is 1. The number of ether oxygens (including phenoxy) is 1. The zero-order valence-electron chi connectivity index (χ0n) is 18.3. The van der Waals surface area contributed by atoms with E-state index >= 15 is 0 Å². The predicted octanol–water partition coefficient (Wildman–Crippen LogP) is 3.25. The second-order valence-corrected chi connectivity index (χ2v) is 9.08. The summed E-state index contributed by atoms with van der Waals surface area (Å²) in [6.07, 6.45) is -2.69. The molecular formula is C23H24F3N5O3. The number of aromatic nitrogens is 1. The van der Waals surface area contributed by atoms with Crippen LogP contribution in [-0.2, 0) is 15.7 Å². The first-order chi connectivity index (χ1) is 16.2. The number of halogens is 3. The van der Waals surface area contributed by atoms with Crippen LogP contribution in [0.25, 0.3) is 0 Å². The van der Waals surface area contributed by atoms with Crippen molar-refractivity contribution in [2.24, 2.45) is 5.41 Å². The van der Waals surface area contributed by atoms with Crippen molar-refractivity contribution < 1.29 is 27.5 Å². The fraction of sp³-hybridized carbons (Fsp3) is 0.435. The third kappa shape index (κ3) is 4.39. The molecule has 11 heteroatoms. The number of benzene rings is 1. The number of piperidine rings is 1. The van der Waals surface area contributed by atoms with Gasteiger partial charge >= 0.3 is 12.2 Å². The van der Waals surface area contributed by atoms with Gasteiger partial charge in [0.1, 0.15) is 11.9 Å². The maximum atomic E-state index is 13.0. The van der Waals surface area contributed by atoms with E-state index in [1.807, 2.05) is 24.3 Å². The zero-order chi connectivity index (χ0) is 23.9. The van der Waals surface area contributed by atoms with E-state index in [9.17, 15) is 22.8 Å². The molecule has 3 aliphatic heterocycles. The second-order valence-electron chi connectivity index (χ2n) is 9.08. The van der Waals surface area contributed by atoms with Gasteiger partial charge in [0, 0.05) is 37.2 Å². The normalized spacial score (nSPS) is 21.6. The summed E-state index contributed by atoms with van der Waals surface area (Å²) in [5, 5.41) is 4.99. The zero-order valence-corrected chi connectivity index (χ0v) is 18.3. The smallest absolute Gasteiger partial charge is 0.380 e. The summed E-state index contributed by atoms with van der Waals surface area (Å²) in [6, 6.07) is 8.26. The van der Waals surface area contributed by atoms with Crippen LogP contribution in [0.1, 0.15) is 18.4 Å². The van der Waals surface area contributed by atoms with E-state index in [2.05, 4.69) is 20.5 Å². The molecule has 1 spiro atoms. The number of anilines is 3. The topological polar surface area (TPSA) is 86.8 Å². The van der Waals surface area contributed by atoms with Crippen LogP contribution in [0, 0.1) is 5.41 Å². The van der Waals surface area contributed by atoms with Crippen molar-refractivity contribution in [1.29, 1.82) is 0 Å². The third-order valence-electron chi connectivity index (χ3n) is 6.47. The van der Waals surface area contributed by atoms with Crippen LogP contribution >= 0.6 is 0 Å². The summed E-state index contributed by atoms with van der Waals surface area (Å²) in [6.45, 7) is 4.14. The van der Waals surface area contributed by atoms with Crippen molar-refractivity contribution in [2.45, 2.75) is 25.1 Å². The maximum Gasteiger partial charge on any atom is 0.417 e. The number of urea groups is 1. The molecule has 1 aromatic heterocycles. The molecule has 2 aromatic rings. The molecular weight excluding hydrogens is 451 g/mol. The van der Waals surface area contributed by atoms with Crippen molar-refractivity contribution in [3.8, 4) is 0 Å². The number of hydrogen-bond donors (Lipinski definition) is 2. The third-order valence-corrected chi connectivity index (χ3v) is 6.47. The standard InChI is InChI=1S/C23H24F3N5O3/c24-23(25,26)15-3-8-19(27-10-15)29-21(33)28-18-2-1-9-31(20(18)32)17-6-4-16(5-7-17)30-11-22(12-30)13-34-14-22/h3-8,10,18H,1-2,9,11-14H2,(H2,27,28,29,33)/t18-/m1/s1. The summed E-state index contributed by atoms with van der Waals surface area (Å²) in [7, 11) is 0. The van der Waals surface area contributed by atoms with Gasteiger partial charge in [-0.1, -0.05) is 0 Å². The van der Waals surface area contributed by atoms with Crippen molar-refractivity contribution in [1.82, 2.24) is 10.3 Å². The quantitative estimate of drug-likeness (QED) is 0.709. The van der Waals surface area contributed by atoms with Gasteiger partial charge in [-0.05, 0) is 49.2 Å². The van der Waals surface area contributed by atoms with E-state index in [0.717, 1.165) is 49.8 Å². The maximum absolute atomic E-state index is 13.0. The summed E-state index contributed by atoms with van der Waals surface area (Å²) < 4.78 is 43.3. The van der Waals surface area contributed by atoms with Crippen LogP contribution in [0.4, 0.5) is 35.2 Å². The van der Waals surface area contributed by atoms with E-state index in [1.165, 1.54) is 0 Å². The number of rotatable bonds is 4. The molecule has 34 heavy (non-hydrogen) atoms. The van der Waals surface area contributed by atoms with Gasteiger partial charge in [-0.15, -0.1) is 0 Å². The Labute approximate surface area is 194 Å². The number of hydrogen-bond acceptors (Lipinski definition) is 5. The van der Waals surface area contributed by atoms with Crippen LogP contribution in [0.3, 0.4) is 0 Å². The fourth-order valence-electron chi connectivity index (χ4n) is 4.57. The summed E-state index contributed by atoms with van der Waals surface area (Å²) in [5.74, 6) is -0.272. The predicted molar refractivity (Wildman–Crippen MR) is 119 cm³/mol. The Balaban J connectivity index is 1.17. The molecule has 4 heterocycles. The summed E-state index contributed by atoms with van der Waals surface area (Å²) in [5.41, 5.74) is 1.26. The molecule has 3 aliphatic rings. The van der Waals surface area contributed by atoms with Crippen molar-refractivity contribution in [2.75, 3.05) is 48.0 Å². The molecule has 0 bridgehead atoms. The van der Waals surface area contributed by atoms with Crippen molar-refractivity contribution in [3.63, 3.8) is 0 Å². The summed E-state index contributed by atoms with van der Waals surface area (Å²) >= 11 is 0. The molecule has 0 aliphatic carbocycles. The molecule has 3 fully saturated rings. The number of carbonyl (C=O) groups is 2. The van der Waals surface area contributed by atoms with E-state index < -0.39 is 23.8 Å². The molecule has 1 aromatic carbocycles. The Kier molecular flexibility index (Phi) is 5.59. The number of amides is 3. The molecule has 2 N–H and O–H groups in total. The molecule has 3 saturated heterocycles. The minimum atomic E-state index is -4.51. The fourth-order valence-corrected chi connectivity index (χ4v) is 4.57. The number of nitrogens with zero attached hydrogens (tertiary/aromatic N) is 3. The van der Waals surface area contributed by atoms with Crippen molar-refractivity contribution in [3.05, 3.63) is 48.2 Å². The van der Waals surface area contributed by atoms with Crippen LogP contribution in [0.15, 0.2) is 42.6 Å². The SMILES string of the molecule is O=C(Nc1ccc(C(F)(F)F)cn1)N[C@@H]1CCCN(c2ccc(N3CC4(COC4)C3)cc2)C1=O. The Hall–Kier alpha value is -3.34. The lowest BCUT2D eigenvalue weighted by atomic mass is 9.78. The highest BCUT2D eigenvalue weighted by Gasteiger charge is 2.49. The highest BCUT2D eigenvalue weighted by Crippen LogP contribution is 2.40. The van der Waals surface area contributed by atoms with Gasteiger partial charge in [-0.3, -0.25) is 10.1 Å². The number of alkyl halides is 3. The summed E-state index contributed by atoms with van der Waals surface area (Å²) in [4.78, 5) is 32.9. The molecule has 0 radical (unpaired) electrons. The van der Waals surface area contributed by atoms with E-state index in [0.29, 0.717) is 31.0 Å². The highest BCUT2D eigenvalue weighted by atomic mass is 19.4. The van der Waals surface area contributed by atoms with Gasteiger partial charge in [-0.25, -0.2) is 9.78 Å². The first kappa shape index (κ1) is 22.5. The Bertz CT molecular complexity index is 1060. The molecule has 5 rings (SSSR count). The molecule has 0 unspecified atom stereocenters. The van der Waals surface area contributed by atoms with Gasteiger partial charge < -0.3 is 19.9 Å².